The number of aliphatic hydroxyl groups excluding tert-OH is 1. The molecule has 2 heterocycles. The number of nitrogens with zero attached hydrogens (tertiary/aromatic N) is 2. The quantitative estimate of drug-likeness (QED) is 0.474. The summed E-state index contributed by atoms with van der Waals surface area (Å²) in [7, 11) is 0. The van der Waals surface area contributed by atoms with Gasteiger partial charge in [-0.1, -0.05) is 0 Å². The van der Waals surface area contributed by atoms with Gasteiger partial charge in [0.1, 0.15) is 5.69 Å². The highest BCUT2D eigenvalue weighted by Crippen LogP contribution is 2.30. The molecule has 1 aliphatic heterocycles. The Hall–Kier alpha value is -1.76. The summed E-state index contributed by atoms with van der Waals surface area (Å²) in [6, 6.07) is 0.231. The molecule has 0 aromatic carbocycles. The van der Waals surface area contributed by atoms with Crippen molar-refractivity contribution < 1.29 is 5.11 Å². The molecule has 1 aromatic rings. The van der Waals surface area contributed by atoms with Crippen LogP contribution < -0.4 is 22.1 Å². The van der Waals surface area contributed by atoms with E-state index in [0.717, 1.165) is 19.4 Å². The fraction of sp³-hybridized carbons (Fsp3) is 0.556. The molecule has 0 aliphatic carbocycles. The van der Waals surface area contributed by atoms with Crippen molar-refractivity contribution in [1.82, 2.24) is 9.97 Å². The molecule has 0 saturated carbocycles. The molecule has 0 spiro atoms. The molecule has 0 saturated heterocycles. The number of nitrogen functional groups attached to an aromatic ring is 2. The van der Waals surface area contributed by atoms with Crippen LogP contribution in [0.25, 0.3) is 0 Å². The van der Waals surface area contributed by atoms with Gasteiger partial charge in [0.2, 0.25) is 5.95 Å². The summed E-state index contributed by atoms with van der Waals surface area (Å²) in [4.78, 5) is 7.95. The molecule has 7 heteroatoms. The minimum atomic E-state index is 0.166. The summed E-state index contributed by atoms with van der Waals surface area (Å²) in [5, 5.41) is 15.2. The third-order valence-electron chi connectivity index (χ3n) is 2.53. The summed E-state index contributed by atoms with van der Waals surface area (Å²) in [6.45, 7) is 0.932. The highest BCUT2D eigenvalue weighted by Gasteiger charge is 2.21. The lowest BCUT2D eigenvalue weighted by Crippen LogP contribution is -2.34. The van der Waals surface area contributed by atoms with Crippen LogP contribution in [0.5, 0.6) is 0 Å². The molecule has 1 atom stereocenters. The normalized spacial score (nSPS) is 18.4. The number of nitrogens with two attached hydrogens (primary N) is 2. The summed E-state index contributed by atoms with van der Waals surface area (Å²) in [6.07, 6.45) is 1.62. The Kier molecular flexibility index (Phi) is 2.95. The smallest absolute Gasteiger partial charge is 0.224 e. The number of anilines is 4. The first-order valence-electron chi connectivity index (χ1n) is 5.25. The van der Waals surface area contributed by atoms with E-state index in [4.69, 9.17) is 16.6 Å². The fourth-order valence-corrected chi connectivity index (χ4v) is 1.75. The third-order valence-corrected chi connectivity index (χ3v) is 2.53. The first-order valence-corrected chi connectivity index (χ1v) is 5.25. The molecule has 1 aliphatic rings. The Balaban J connectivity index is 2.14. The van der Waals surface area contributed by atoms with Crippen molar-refractivity contribution in [2.24, 2.45) is 0 Å². The van der Waals surface area contributed by atoms with Crippen molar-refractivity contribution in [2.75, 3.05) is 35.3 Å². The van der Waals surface area contributed by atoms with Crippen molar-refractivity contribution in [2.45, 2.75) is 18.9 Å². The van der Waals surface area contributed by atoms with E-state index in [2.05, 4.69) is 20.6 Å². The predicted octanol–water partition coefficient (Wildman–Crippen LogP) is -0.381. The lowest BCUT2D eigenvalue weighted by atomic mass is 10.1. The Bertz CT molecular complexity index is 383. The standard InChI is InChI=1S/C9H16N6O/c10-7-6-8(15-9(11)14-7)12-4-5(13-6)2-1-3-16/h5,13,16H,1-4H2,(H5,10,11,12,14,15)/t5-/m1/s1. The maximum atomic E-state index is 8.77. The number of aromatic nitrogens is 2. The Morgan fingerprint density at radius 3 is 2.94 bits per heavy atom. The summed E-state index contributed by atoms with van der Waals surface area (Å²) >= 11 is 0. The van der Waals surface area contributed by atoms with Crippen molar-refractivity contribution in [3.05, 3.63) is 0 Å². The van der Waals surface area contributed by atoms with Crippen LogP contribution in [0.2, 0.25) is 0 Å². The zero-order valence-electron chi connectivity index (χ0n) is 8.90. The molecule has 16 heavy (non-hydrogen) atoms. The van der Waals surface area contributed by atoms with Gasteiger partial charge in [0, 0.05) is 19.2 Å². The van der Waals surface area contributed by atoms with Gasteiger partial charge in [-0.05, 0) is 12.8 Å². The number of aliphatic hydroxyl groups is 1. The van der Waals surface area contributed by atoms with E-state index in [1.165, 1.54) is 0 Å². The minimum Gasteiger partial charge on any atom is -0.396 e. The fourth-order valence-electron chi connectivity index (χ4n) is 1.75. The van der Waals surface area contributed by atoms with Crippen molar-refractivity contribution in [1.29, 1.82) is 0 Å². The van der Waals surface area contributed by atoms with E-state index in [1.54, 1.807) is 0 Å². The van der Waals surface area contributed by atoms with Crippen LogP contribution in [-0.2, 0) is 0 Å². The molecule has 0 fully saturated rings. The molecule has 7 N–H and O–H groups in total. The molecule has 0 unspecified atom stereocenters. The van der Waals surface area contributed by atoms with Gasteiger partial charge in [0.05, 0.1) is 0 Å². The lowest BCUT2D eigenvalue weighted by molar-refractivity contribution is 0.281. The Morgan fingerprint density at radius 1 is 1.38 bits per heavy atom. The van der Waals surface area contributed by atoms with Gasteiger partial charge in [-0.25, -0.2) is 0 Å². The second-order valence-electron chi connectivity index (χ2n) is 3.78. The van der Waals surface area contributed by atoms with E-state index >= 15 is 0 Å². The van der Waals surface area contributed by atoms with Gasteiger partial charge >= 0.3 is 0 Å². The van der Waals surface area contributed by atoms with E-state index in [9.17, 15) is 0 Å². The summed E-state index contributed by atoms with van der Waals surface area (Å²) in [5.74, 6) is 1.16. The number of hydrogen-bond acceptors (Lipinski definition) is 7. The molecular weight excluding hydrogens is 208 g/mol. The van der Waals surface area contributed by atoms with Gasteiger partial charge in [-0.2, -0.15) is 9.97 Å². The van der Waals surface area contributed by atoms with Gasteiger partial charge < -0.3 is 27.2 Å². The number of hydrogen-bond donors (Lipinski definition) is 5. The summed E-state index contributed by atoms with van der Waals surface area (Å²) in [5.41, 5.74) is 11.9. The number of rotatable bonds is 3. The SMILES string of the molecule is Nc1nc(N)c2c(n1)NC[C@@H](CCCO)N2. The maximum absolute atomic E-state index is 8.77. The number of nitrogens with one attached hydrogen (secondary N) is 2. The van der Waals surface area contributed by atoms with Crippen molar-refractivity contribution in [3.63, 3.8) is 0 Å². The second-order valence-corrected chi connectivity index (χ2v) is 3.78. The van der Waals surface area contributed by atoms with Crippen molar-refractivity contribution >= 4 is 23.3 Å². The first-order chi connectivity index (χ1) is 7.70. The topological polar surface area (TPSA) is 122 Å². The molecule has 1 aromatic heterocycles. The zero-order valence-corrected chi connectivity index (χ0v) is 8.90. The zero-order chi connectivity index (χ0) is 11.5. The van der Waals surface area contributed by atoms with Crippen LogP contribution in [-0.4, -0.2) is 34.3 Å². The minimum absolute atomic E-state index is 0.166. The highest BCUT2D eigenvalue weighted by atomic mass is 16.2. The largest absolute Gasteiger partial charge is 0.396 e. The predicted molar refractivity (Wildman–Crippen MR) is 63.1 cm³/mol. The number of fused-ring (bicyclic) bond motifs is 1. The van der Waals surface area contributed by atoms with E-state index in [-0.39, 0.29) is 18.6 Å². The van der Waals surface area contributed by atoms with Crippen LogP contribution in [0.3, 0.4) is 0 Å². The van der Waals surface area contributed by atoms with Gasteiger partial charge in [-0.15, -0.1) is 0 Å². The van der Waals surface area contributed by atoms with Crippen LogP contribution in [0, 0.1) is 0 Å². The Labute approximate surface area is 93.3 Å². The monoisotopic (exact) mass is 224 g/mol. The Morgan fingerprint density at radius 2 is 2.19 bits per heavy atom. The van der Waals surface area contributed by atoms with Crippen molar-refractivity contribution in [3.8, 4) is 0 Å². The van der Waals surface area contributed by atoms with E-state index < -0.39 is 0 Å². The molecule has 0 bridgehead atoms. The maximum Gasteiger partial charge on any atom is 0.224 e. The molecule has 2 rings (SSSR count). The lowest BCUT2D eigenvalue weighted by Gasteiger charge is -2.28. The average Bonchev–Trinajstić information content (AvgIpc) is 2.26. The molecule has 7 nitrogen and oxygen atoms in total. The van der Waals surface area contributed by atoms with E-state index in [1.807, 2.05) is 0 Å². The van der Waals surface area contributed by atoms with Crippen LogP contribution in [0.4, 0.5) is 23.3 Å². The van der Waals surface area contributed by atoms with Crippen LogP contribution in [0.15, 0.2) is 0 Å². The molecule has 88 valence electrons. The molecule has 0 amide bonds. The van der Waals surface area contributed by atoms with Gasteiger partial charge in [-0.3, -0.25) is 0 Å². The summed E-state index contributed by atoms with van der Waals surface area (Å²) < 4.78 is 0. The van der Waals surface area contributed by atoms with Crippen LogP contribution in [0.1, 0.15) is 12.8 Å². The molecule has 0 radical (unpaired) electrons. The van der Waals surface area contributed by atoms with Gasteiger partial charge in [0.25, 0.3) is 0 Å². The van der Waals surface area contributed by atoms with Crippen LogP contribution >= 0.6 is 0 Å². The molecular formula is C9H16N6O. The van der Waals surface area contributed by atoms with E-state index in [0.29, 0.717) is 17.3 Å². The second kappa shape index (κ2) is 4.40. The first kappa shape index (κ1) is 10.7. The third kappa shape index (κ3) is 2.08. The van der Waals surface area contributed by atoms with Gasteiger partial charge in [0.15, 0.2) is 11.6 Å². The highest BCUT2D eigenvalue weighted by molar-refractivity contribution is 5.78. The average molecular weight is 224 g/mol.